The number of hydrogen-bond donors (Lipinski definition) is 2. The molecule has 0 bridgehead atoms. The maximum atomic E-state index is 11.6. The molecular formula is C13H21N3O2S. The summed E-state index contributed by atoms with van der Waals surface area (Å²) in [7, 11) is 1.96. The molecule has 1 aliphatic rings. The van der Waals surface area contributed by atoms with Gasteiger partial charge in [0.2, 0.25) is 0 Å². The Bertz CT molecular complexity index is 460. The minimum absolute atomic E-state index is 0.174. The first-order chi connectivity index (χ1) is 8.93. The summed E-state index contributed by atoms with van der Waals surface area (Å²) in [6.07, 6.45) is 5.92. The first-order valence-electron chi connectivity index (χ1n) is 6.58. The Morgan fingerprint density at radius 1 is 1.68 bits per heavy atom. The molecule has 6 heteroatoms. The maximum absolute atomic E-state index is 11.6. The molecule has 0 saturated heterocycles. The molecule has 19 heavy (non-hydrogen) atoms. The highest BCUT2D eigenvalue weighted by Gasteiger charge is 2.46. The fraction of sp³-hybridized carbons (Fsp3) is 0.692. The molecule has 2 rings (SSSR count). The molecule has 5 nitrogen and oxygen atoms in total. The number of imidazole rings is 1. The van der Waals surface area contributed by atoms with Gasteiger partial charge in [-0.15, -0.1) is 0 Å². The molecule has 1 heterocycles. The smallest absolute Gasteiger partial charge is 0.323 e. The highest BCUT2D eigenvalue weighted by atomic mass is 32.2. The van der Waals surface area contributed by atoms with Gasteiger partial charge >= 0.3 is 5.97 Å². The van der Waals surface area contributed by atoms with E-state index in [0.29, 0.717) is 18.1 Å². The molecule has 0 amide bonds. The normalized spacial score (nSPS) is 27.1. The van der Waals surface area contributed by atoms with Gasteiger partial charge in [0.25, 0.3) is 0 Å². The third kappa shape index (κ3) is 3.12. The lowest BCUT2D eigenvalue weighted by atomic mass is 9.97. The topological polar surface area (TPSA) is 67.2 Å². The third-order valence-electron chi connectivity index (χ3n) is 3.49. The third-order valence-corrected chi connectivity index (χ3v) is 4.83. The molecule has 2 N–H and O–H groups in total. The van der Waals surface area contributed by atoms with Crippen LogP contribution in [0.4, 0.5) is 0 Å². The highest BCUT2D eigenvalue weighted by Crippen LogP contribution is 2.40. The molecule has 0 spiro atoms. The quantitative estimate of drug-likeness (QED) is 0.863. The van der Waals surface area contributed by atoms with E-state index >= 15 is 0 Å². The van der Waals surface area contributed by atoms with Gasteiger partial charge in [-0.25, -0.2) is 4.98 Å². The molecule has 1 saturated carbocycles. The molecule has 2 atom stereocenters. The minimum atomic E-state index is -0.767. The van der Waals surface area contributed by atoms with E-state index in [9.17, 15) is 9.90 Å². The van der Waals surface area contributed by atoms with Crippen LogP contribution in [0.2, 0.25) is 0 Å². The predicted octanol–water partition coefficient (Wildman–Crippen LogP) is 1.89. The predicted molar refractivity (Wildman–Crippen MR) is 75.3 cm³/mol. The molecule has 1 fully saturated rings. The number of aromatic nitrogens is 2. The van der Waals surface area contributed by atoms with Gasteiger partial charge in [-0.05, 0) is 33.1 Å². The zero-order valence-electron chi connectivity index (χ0n) is 11.6. The second-order valence-corrected chi connectivity index (χ2v) is 6.76. The second kappa shape index (κ2) is 5.54. The van der Waals surface area contributed by atoms with Crippen LogP contribution < -0.4 is 5.32 Å². The van der Waals surface area contributed by atoms with Gasteiger partial charge in [0, 0.05) is 30.7 Å². The molecule has 2 unspecified atom stereocenters. The van der Waals surface area contributed by atoms with E-state index in [1.54, 1.807) is 18.0 Å². The van der Waals surface area contributed by atoms with Gasteiger partial charge in [0.05, 0.1) is 0 Å². The number of carboxylic acids is 1. The Labute approximate surface area is 117 Å². The summed E-state index contributed by atoms with van der Waals surface area (Å²) in [4.78, 5) is 15.9. The molecule has 0 radical (unpaired) electrons. The molecule has 1 aromatic heterocycles. The van der Waals surface area contributed by atoms with E-state index in [2.05, 4.69) is 10.3 Å². The SMILES string of the molecule is CC(C)NC1(C(=O)O)CCC(Sc2nccn2C)C1. The van der Waals surface area contributed by atoms with Crippen LogP contribution in [0.3, 0.4) is 0 Å². The Hall–Kier alpha value is -1.01. The molecule has 0 aliphatic heterocycles. The van der Waals surface area contributed by atoms with E-state index in [1.807, 2.05) is 31.7 Å². The number of nitrogens with one attached hydrogen (secondary N) is 1. The highest BCUT2D eigenvalue weighted by molar-refractivity contribution is 7.99. The summed E-state index contributed by atoms with van der Waals surface area (Å²) < 4.78 is 1.97. The number of aliphatic carboxylic acids is 1. The van der Waals surface area contributed by atoms with E-state index in [-0.39, 0.29) is 6.04 Å². The van der Waals surface area contributed by atoms with Crippen LogP contribution in [0.5, 0.6) is 0 Å². The van der Waals surface area contributed by atoms with Gasteiger partial charge in [0.15, 0.2) is 5.16 Å². The van der Waals surface area contributed by atoms with Crippen molar-refractivity contribution in [1.29, 1.82) is 0 Å². The van der Waals surface area contributed by atoms with Crippen molar-refractivity contribution in [2.45, 2.75) is 55.1 Å². The number of hydrogen-bond acceptors (Lipinski definition) is 4. The van der Waals surface area contributed by atoms with Crippen LogP contribution in [-0.4, -0.2) is 37.5 Å². The van der Waals surface area contributed by atoms with E-state index in [4.69, 9.17) is 0 Å². The Kier molecular flexibility index (Phi) is 4.20. The zero-order valence-corrected chi connectivity index (χ0v) is 12.4. The van der Waals surface area contributed by atoms with Crippen molar-refractivity contribution in [3.8, 4) is 0 Å². The second-order valence-electron chi connectivity index (χ2n) is 5.49. The van der Waals surface area contributed by atoms with Crippen molar-refractivity contribution in [3.05, 3.63) is 12.4 Å². The van der Waals surface area contributed by atoms with Crippen molar-refractivity contribution in [3.63, 3.8) is 0 Å². The fourth-order valence-corrected chi connectivity index (χ4v) is 3.91. The lowest BCUT2D eigenvalue weighted by Crippen LogP contribution is -2.53. The van der Waals surface area contributed by atoms with Crippen LogP contribution in [0.15, 0.2) is 17.6 Å². The van der Waals surface area contributed by atoms with Crippen LogP contribution in [0.1, 0.15) is 33.1 Å². The molecule has 106 valence electrons. The fourth-order valence-electron chi connectivity index (χ4n) is 2.65. The molecule has 0 aromatic carbocycles. The molecule has 1 aliphatic carbocycles. The number of carbonyl (C=O) groups is 1. The number of carboxylic acid groups (broad SMARTS) is 1. The van der Waals surface area contributed by atoms with Crippen LogP contribution in [0, 0.1) is 0 Å². The van der Waals surface area contributed by atoms with Crippen LogP contribution in [-0.2, 0) is 11.8 Å². The summed E-state index contributed by atoms with van der Waals surface area (Å²) in [5, 5.41) is 14.0. The van der Waals surface area contributed by atoms with E-state index in [0.717, 1.165) is 11.6 Å². The minimum Gasteiger partial charge on any atom is -0.480 e. The number of aryl methyl sites for hydroxylation is 1. The summed E-state index contributed by atoms with van der Waals surface area (Å²) >= 11 is 1.68. The lowest BCUT2D eigenvalue weighted by Gasteiger charge is -2.28. The van der Waals surface area contributed by atoms with Gasteiger partial charge < -0.3 is 9.67 Å². The van der Waals surface area contributed by atoms with Crippen LogP contribution in [0.25, 0.3) is 0 Å². The Balaban J connectivity index is 2.04. The average Bonchev–Trinajstić information content (AvgIpc) is 2.88. The molecular weight excluding hydrogens is 262 g/mol. The van der Waals surface area contributed by atoms with Gasteiger partial charge in [-0.2, -0.15) is 0 Å². The standard InChI is InChI=1S/C13H21N3O2S/c1-9(2)15-13(11(17)18)5-4-10(8-13)19-12-14-6-7-16(12)3/h6-7,9-10,15H,4-5,8H2,1-3H3,(H,17,18). The first kappa shape index (κ1) is 14.4. The van der Waals surface area contributed by atoms with Gasteiger partial charge in [0.1, 0.15) is 5.54 Å². The molecule has 1 aromatic rings. The number of rotatable bonds is 5. The number of nitrogens with zero attached hydrogens (tertiary/aromatic N) is 2. The Morgan fingerprint density at radius 3 is 2.95 bits per heavy atom. The monoisotopic (exact) mass is 283 g/mol. The van der Waals surface area contributed by atoms with Gasteiger partial charge in [-0.1, -0.05) is 11.8 Å². The van der Waals surface area contributed by atoms with Crippen molar-refractivity contribution < 1.29 is 9.90 Å². The summed E-state index contributed by atoms with van der Waals surface area (Å²) in [5.41, 5.74) is -0.767. The van der Waals surface area contributed by atoms with E-state index < -0.39 is 11.5 Å². The van der Waals surface area contributed by atoms with Crippen molar-refractivity contribution in [2.24, 2.45) is 7.05 Å². The Morgan fingerprint density at radius 2 is 2.42 bits per heavy atom. The zero-order chi connectivity index (χ0) is 14.0. The lowest BCUT2D eigenvalue weighted by molar-refractivity contribution is -0.145. The van der Waals surface area contributed by atoms with Crippen molar-refractivity contribution >= 4 is 17.7 Å². The van der Waals surface area contributed by atoms with Crippen LogP contribution >= 0.6 is 11.8 Å². The number of thioether (sulfide) groups is 1. The summed E-state index contributed by atoms with van der Waals surface area (Å²) in [5.74, 6) is -0.732. The van der Waals surface area contributed by atoms with E-state index in [1.165, 1.54) is 0 Å². The first-order valence-corrected chi connectivity index (χ1v) is 7.46. The van der Waals surface area contributed by atoms with Crippen molar-refractivity contribution in [1.82, 2.24) is 14.9 Å². The summed E-state index contributed by atoms with van der Waals surface area (Å²) in [6.45, 7) is 3.98. The van der Waals surface area contributed by atoms with Crippen molar-refractivity contribution in [2.75, 3.05) is 0 Å². The average molecular weight is 283 g/mol. The largest absolute Gasteiger partial charge is 0.480 e. The summed E-state index contributed by atoms with van der Waals surface area (Å²) in [6, 6.07) is 0.174. The van der Waals surface area contributed by atoms with Gasteiger partial charge in [-0.3, -0.25) is 10.1 Å². The maximum Gasteiger partial charge on any atom is 0.323 e.